The van der Waals surface area contributed by atoms with Crippen molar-refractivity contribution in [2.75, 3.05) is 31.1 Å². The van der Waals surface area contributed by atoms with Crippen molar-refractivity contribution < 1.29 is 9.53 Å². The highest BCUT2D eigenvalue weighted by Crippen LogP contribution is 2.28. The number of piperazine rings is 1. The van der Waals surface area contributed by atoms with Crippen LogP contribution in [0.3, 0.4) is 0 Å². The van der Waals surface area contributed by atoms with E-state index in [2.05, 4.69) is 27.2 Å². The lowest BCUT2D eigenvalue weighted by molar-refractivity contribution is -0.139. The normalized spacial score (nSPS) is 21.4. The third-order valence-corrected chi connectivity index (χ3v) is 5.92. The van der Waals surface area contributed by atoms with Gasteiger partial charge in [0, 0.05) is 26.2 Å². The maximum Gasteiger partial charge on any atom is 0.263 e. The predicted octanol–water partition coefficient (Wildman–Crippen LogP) is 2.01. The molecule has 0 radical (unpaired) electrons. The number of para-hydroxylation sites is 1. The minimum absolute atomic E-state index is 0.115. The van der Waals surface area contributed by atoms with Crippen molar-refractivity contribution in [3.63, 3.8) is 0 Å². The van der Waals surface area contributed by atoms with E-state index >= 15 is 0 Å². The smallest absolute Gasteiger partial charge is 0.263 e. The zero-order chi connectivity index (χ0) is 18.2. The number of benzene rings is 1. The summed E-state index contributed by atoms with van der Waals surface area (Å²) in [5, 5.41) is 8.80. The zero-order valence-electron chi connectivity index (χ0n) is 15.4. The molecule has 3 heterocycles. The fourth-order valence-corrected chi connectivity index (χ4v) is 4.33. The van der Waals surface area contributed by atoms with E-state index in [1.54, 1.807) is 0 Å². The highest BCUT2D eigenvalue weighted by molar-refractivity contribution is 5.82. The summed E-state index contributed by atoms with van der Waals surface area (Å²) in [5.74, 6) is 1.92. The summed E-state index contributed by atoms with van der Waals surface area (Å²) in [7, 11) is 0. The summed E-state index contributed by atoms with van der Waals surface area (Å²) < 4.78 is 5.98. The van der Waals surface area contributed by atoms with Gasteiger partial charge in [0.2, 0.25) is 0 Å². The molecular weight excluding hydrogens is 340 g/mol. The van der Waals surface area contributed by atoms with Gasteiger partial charge in [0.25, 0.3) is 5.91 Å². The number of ether oxygens (including phenoxy) is 1. The molecule has 2 aliphatic heterocycles. The lowest BCUT2D eigenvalue weighted by atomic mass is 10.0. The average Bonchev–Trinajstić information content (AvgIpc) is 3.21. The van der Waals surface area contributed by atoms with Gasteiger partial charge in [-0.25, -0.2) is 0 Å². The van der Waals surface area contributed by atoms with E-state index in [-0.39, 0.29) is 12.0 Å². The molecule has 1 aromatic heterocycles. The molecule has 0 spiro atoms. The number of aromatic nitrogens is 2. The Balaban J connectivity index is 1.21. The highest BCUT2D eigenvalue weighted by atomic mass is 16.5. The zero-order valence-corrected chi connectivity index (χ0v) is 15.4. The van der Waals surface area contributed by atoms with Crippen LogP contribution < -0.4 is 9.64 Å². The Morgan fingerprint density at radius 3 is 2.74 bits per heavy atom. The number of hydrogen-bond acceptors (Lipinski definition) is 5. The van der Waals surface area contributed by atoms with Gasteiger partial charge in [-0.05, 0) is 55.4 Å². The molecule has 1 aromatic carbocycles. The standard InChI is InChI=1S/C21H24N4O2/c26-21(19-9-8-15-4-1-2-7-18(15)27-19)25-12-10-24(11-13-25)20-14-16-5-3-6-17(16)22-23-20/h1-2,4,7,14,19H,3,5-6,8-13H2. The van der Waals surface area contributed by atoms with Gasteiger partial charge in [-0.3, -0.25) is 4.79 Å². The topological polar surface area (TPSA) is 58.6 Å². The lowest BCUT2D eigenvalue weighted by Crippen LogP contribution is -2.53. The number of carbonyl (C=O) groups is 1. The van der Waals surface area contributed by atoms with Gasteiger partial charge in [-0.15, -0.1) is 5.10 Å². The van der Waals surface area contributed by atoms with E-state index in [1.807, 2.05) is 23.1 Å². The summed E-state index contributed by atoms with van der Waals surface area (Å²) in [6.07, 6.45) is 4.64. The molecule has 0 bridgehead atoms. The molecule has 5 rings (SSSR count). The van der Waals surface area contributed by atoms with E-state index in [1.165, 1.54) is 17.5 Å². The van der Waals surface area contributed by atoms with Crippen molar-refractivity contribution in [1.29, 1.82) is 0 Å². The van der Waals surface area contributed by atoms with Gasteiger partial charge in [0.05, 0.1) is 5.69 Å². The quantitative estimate of drug-likeness (QED) is 0.816. The number of amides is 1. The van der Waals surface area contributed by atoms with Crippen molar-refractivity contribution in [3.8, 4) is 5.75 Å². The first-order valence-electron chi connectivity index (χ1n) is 9.92. The second-order valence-electron chi connectivity index (χ2n) is 7.59. The fraction of sp³-hybridized carbons (Fsp3) is 0.476. The molecule has 6 heteroatoms. The monoisotopic (exact) mass is 364 g/mol. The van der Waals surface area contributed by atoms with Crippen LogP contribution in [0.2, 0.25) is 0 Å². The van der Waals surface area contributed by atoms with E-state index in [4.69, 9.17) is 4.74 Å². The van der Waals surface area contributed by atoms with Crippen LogP contribution >= 0.6 is 0 Å². The van der Waals surface area contributed by atoms with E-state index < -0.39 is 0 Å². The first-order chi connectivity index (χ1) is 13.3. The molecule has 1 fully saturated rings. The minimum Gasteiger partial charge on any atom is -0.480 e. The van der Waals surface area contributed by atoms with E-state index in [0.29, 0.717) is 13.1 Å². The number of nitrogens with zero attached hydrogens (tertiary/aromatic N) is 4. The van der Waals surface area contributed by atoms with Crippen LogP contribution in [0.1, 0.15) is 29.7 Å². The van der Waals surface area contributed by atoms with Crippen molar-refractivity contribution in [1.82, 2.24) is 15.1 Å². The summed E-state index contributed by atoms with van der Waals surface area (Å²) >= 11 is 0. The van der Waals surface area contributed by atoms with Crippen molar-refractivity contribution in [2.24, 2.45) is 0 Å². The highest BCUT2D eigenvalue weighted by Gasteiger charge is 2.32. The molecule has 1 unspecified atom stereocenters. The Hall–Kier alpha value is -2.63. The molecular formula is C21H24N4O2. The largest absolute Gasteiger partial charge is 0.480 e. The minimum atomic E-state index is -0.355. The fourth-order valence-electron chi connectivity index (χ4n) is 4.33. The Labute approximate surface area is 159 Å². The van der Waals surface area contributed by atoms with Gasteiger partial charge in [-0.2, -0.15) is 5.10 Å². The Kier molecular flexibility index (Phi) is 4.19. The van der Waals surface area contributed by atoms with Crippen LogP contribution in [-0.4, -0.2) is 53.3 Å². The van der Waals surface area contributed by atoms with Crippen LogP contribution in [0.4, 0.5) is 5.82 Å². The number of carbonyl (C=O) groups excluding carboxylic acids is 1. The molecule has 1 atom stereocenters. The number of fused-ring (bicyclic) bond motifs is 2. The summed E-state index contributed by atoms with van der Waals surface area (Å²) in [5.41, 5.74) is 3.69. The van der Waals surface area contributed by atoms with Crippen molar-refractivity contribution in [2.45, 2.75) is 38.2 Å². The predicted molar refractivity (Wildman–Crippen MR) is 102 cm³/mol. The van der Waals surface area contributed by atoms with Gasteiger partial charge in [-0.1, -0.05) is 18.2 Å². The first-order valence-corrected chi connectivity index (χ1v) is 9.92. The Bertz CT molecular complexity index is 861. The average molecular weight is 364 g/mol. The van der Waals surface area contributed by atoms with Gasteiger partial charge >= 0.3 is 0 Å². The number of anilines is 1. The second kappa shape index (κ2) is 6.83. The Morgan fingerprint density at radius 2 is 1.85 bits per heavy atom. The molecule has 1 aliphatic carbocycles. The maximum absolute atomic E-state index is 12.9. The van der Waals surface area contributed by atoms with Gasteiger partial charge < -0.3 is 14.5 Å². The maximum atomic E-state index is 12.9. The molecule has 3 aliphatic rings. The molecule has 140 valence electrons. The third-order valence-electron chi connectivity index (χ3n) is 5.92. The third kappa shape index (κ3) is 3.13. The molecule has 0 N–H and O–H groups in total. The van der Waals surface area contributed by atoms with Crippen molar-refractivity contribution >= 4 is 11.7 Å². The summed E-state index contributed by atoms with van der Waals surface area (Å²) in [6, 6.07) is 10.2. The molecule has 6 nitrogen and oxygen atoms in total. The summed E-state index contributed by atoms with van der Waals surface area (Å²) in [4.78, 5) is 17.1. The first kappa shape index (κ1) is 16.5. The van der Waals surface area contributed by atoms with Crippen LogP contribution in [0.5, 0.6) is 5.75 Å². The number of hydrogen-bond donors (Lipinski definition) is 0. The van der Waals surface area contributed by atoms with Crippen LogP contribution in [0.15, 0.2) is 30.3 Å². The molecule has 27 heavy (non-hydrogen) atoms. The van der Waals surface area contributed by atoms with Crippen LogP contribution in [0, 0.1) is 0 Å². The molecule has 0 saturated carbocycles. The van der Waals surface area contributed by atoms with Crippen molar-refractivity contribution in [3.05, 3.63) is 47.2 Å². The van der Waals surface area contributed by atoms with Gasteiger partial charge in [0.15, 0.2) is 11.9 Å². The van der Waals surface area contributed by atoms with E-state index in [0.717, 1.165) is 56.0 Å². The second-order valence-corrected chi connectivity index (χ2v) is 7.59. The van der Waals surface area contributed by atoms with Crippen LogP contribution in [0.25, 0.3) is 0 Å². The molecule has 1 amide bonds. The van der Waals surface area contributed by atoms with Crippen LogP contribution in [-0.2, 0) is 24.1 Å². The number of aryl methyl sites for hydroxylation is 3. The Morgan fingerprint density at radius 1 is 1.00 bits per heavy atom. The molecule has 2 aromatic rings. The molecule has 1 saturated heterocycles. The SMILES string of the molecule is O=C(C1CCc2ccccc2O1)N1CCN(c2cc3c(nn2)CCC3)CC1. The summed E-state index contributed by atoms with van der Waals surface area (Å²) in [6.45, 7) is 3.00. The number of rotatable bonds is 2. The van der Waals surface area contributed by atoms with E-state index in [9.17, 15) is 4.79 Å². The lowest BCUT2D eigenvalue weighted by Gasteiger charge is -2.37. The van der Waals surface area contributed by atoms with Gasteiger partial charge in [0.1, 0.15) is 5.75 Å².